The van der Waals surface area contributed by atoms with E-state index in [1.165, 1.54) is 7.05 Å². The van der Waals surface area contributed by atoms with E-state index in [4.69, 9.17) is 4.52 Å². The Morgan fingerprint density at radius 1 is 1.23 bits per heavy atom. The number of carbonyl (C=O) groups excluding carboxylic acids is 1. The molecule has 0 radical (unpaired) electrons. The minimum Gasteiger partial charge on any atom is -0.360 e. The number of nitrogens with zero attached hydrogens (tertiary/aromatic N) is 3. The molecular formula is C14H23N3O4S. The molecule has 1 aliphatic rings. The van der Waals surface area contributed by atoms with Gasteiger partial charge in [-0.25, -0.2) is 8.42 Å². The summed E-state index contributed by atoms with van der Waals surface area (Å²) in [4.78, 5) is 14.1. The lowest BCUT2D eigenvalue weighted by Gasteiger charge is -2.23. The predicted octanol–water partition coefficient (Wildman–Crippen LogP) is 1.31. The van der Waals surface area contributed by atoms with Crippen molar-refractivity contribution < 1.29 is 17.7 Å². The molecule has 2 rings (SSSR count). The molecule has 0 aliphatic carbocycles. The van der Waals surface area contributed by atoms with Crippen molar-refractivity contribution in [2.45, 2.75) is 44.4 Å². The summed E-state index contributed by atoms with van der Waals surface area (Å²) in [5.74, 6) is 0.0892. The highest BCUT2D eigenvalue weighted by molar-refractivity contribution is 7.89. The summed E-state index contributed by atoms with van der Waals surface area (Å²) in [6.07, 6.45) is 4.20. The molecule has 8 heteroatoms. The topological polar surface area (TPSA) is 83.7 Å². The van der Waals surface area contributed by atoms with Crippen LogP contribution in [0.1, 0.15) is 37.1 Å². The van der Waals surface area contributed by atoms with Gasteiger partial charge in [0.1, 0.15) is 10.6 Å². The van der Waals surface area contributed by atoms with Gasteiger partial charge in [0.05, 0.1) is 6.54 Å². The quantitative estimate of drug-likeness (QED) is 0.832. The average Bonchev–Trinajstić information content (AvgIpc) is 2.69. The van der Waals surface area contributed by atoms with Crippen LogP contribution in [0.2, 0.25) is 0 Å². The summed E-state index contributed by atoms with van der Waals surface area (Å²) in [5, 5.41) is 3.67. The van der Waals surface area contributed by atoms with Gasteiger partial charge in [-0.05, 0) is 26.7 Å². The van der Waals surface area contributed by atoms with E-state index in [-0.39, 0.29) is 23.1 Å². The number of likely N-dealkylation sites (N-methyl/N-ethyl adjacent to an activating group) is 1. The van der Waals surface area contributed by atoms with Crippen molar-refractivity contribution in [2.24, 2.45) is 0 Å². The Kier molecular flexibility index (Phi) is 5.23. The van der Waals surface area contributed by atoms with Gasteiger partial charge in [0.2, 0.25) is 15.9 Å². The van der Waals surface area contributed by atoms with Crippen LogP contribution in [-0.4, -0.2) is 55.4 Å². The largest absolute Gasteiger partial charge is 0.360 e. The number of rotatable bonds is 4. The number of aromatic nitrogens is 1. The van der Waals surface area contributed by atoms with Crippen LogP contribution in [-0.2, 0) is 14.8 Å². The third-order valence-electron chi connectivity index (χ3n) is 3.95. The maximum Gasteiger partial charge on any atom is 0.248 e. The Bertz CT molecular complexity index is 611. The highest BCUT2D eigenvalue weighted by Gasteiger charge is 2.30. The lowest BCUT2D eigenvalue weighted by molar-refractivity contribution is -0.131. The zero-order chi connectivity index (χ0) is 16.3. The molecule has 0 bridgehead atoms. The molecule has 1 saturated heterocycles. The smallest absolute Gasteiger partial charge is 0.248 e. The van der Waals surface area contributed by atoms with Crippen LogP contribution < -0.4 is 0 Å². The second kappa shape index (κ2) is 6.78. The van der Waals surface area contributed by atoms with Crippen LogP contribution in [0.5, 0.6) is 0 Å². The molecule has 0 aromatic carbocycles. The average molecular weight is 329 g/mol. The minimum absolute atomic E-state index is 0.0543. The van der Waals surface area contributed by atoms with Crippen molar-refractivity contribution in [1.82, 2.24) is 14.4 Å². The van der Waals surface area contributed by atoms with E-state index in [1.54, 1.807) is 18.7 Å². The first-order valence-corrected chi connectivity index (χ1v) is 8.95. The van der Waals surface area contributed by atoms with Crippen LogP contribution >= 0.6 is 0 Å². The first kappa shape index (κ1) is 17.0. The van der Waals surface area contributed by atoms with Gasteiger partial charge in [0, 0.05) is 20.1 Å². The Morgan fingerprint density at radius 2 is 1.82 bits per heavy atom. The SMILES string of the molecule is Cc1noc(C)c1S(=O)(=O)N(C)CC(=O)N1CCCCCC1. The number of likely N-dealkylation sites (tertiary alicyclic amines) is 1. The molecule has 1 amide bonds. The fourth-order valence-electron chi connectivity index (χ4n) is 2.69. The van der Waals surface area contributed by atoms with Crippen molar-refractivity contribution in [1.29, 1.82) is 0 Å². The van der Waals surface area contributed by atoms with E-state index in [0.29, 0.717) is 18.8 Å². The van der Waals surface area contributed by atoms with Gasteiger partial charge in [-0.3, -0.25) is 4.79 Å². The van der Waals surface area contributed by atoms with E-state index in [9.17, 15) is 13.2 Å². The Balaban J connectivity index is 2.10. The van der Waals surface area contributed by atoms with Crippen molar-refractivity contribution >= 4 is 15.9 Å². The zero-order valence-corrected chi connectivity index (χ0v) is 14.1. The summed E-state index contributed by atoms with van der Waals surface area (Å²) >= 11 is 0. The van der Waals surface area contributed by atoms with E-state index in [1.807, 2.05) is 0 Å². The molecule has 2 heterocycles. The van der Waals surface area contributed by atoms with Gasteiger partial charge in [0.25, 0.3) is 0 Å². The van der Waals surface area contributed by atoms with Crippen molar-refractivity contribution in [3.8, 4) is 0 Å². The maximum absolute atomic E-state index is 12.6. The Labute approximate surface area is 131 Å². The van der Waals surface area contributed by atoms with Crippen LogP contribution in [0, 0.1) is 13.8 Å². The molecule has 1 aliphatic heterocycles. The van der Waals surface area contributed by atoms with E-state index in [2.05, 4.69) is 5.16 Å². The summed E-state index contributed by atoms with van der Waals surface area (Å²) in [7, 11) is -2.36. The standard InChI is InChI=1S/C14H23N3O4S/c1-11-14(12(2)21-15-11)22(19,20)16(3)10-13(18)17-8-6-4-5-7-9-17/h4-10H2,1-3H3. The monoisotopic (exact) mass is 329 g/mol. The van der Waals surface area contributed by atoms with Crippen LogP contribution in [0.25, 0.3) is 0 Å². The second-order valence-electron chi connectivity index (χ2n) is 5.71. The first-order valence-electron chi connectivity index (χ1n) is 7.51. The fraction of sp³-hybridized carbons (Fsp3) is 0.714. The van der Waals surface area contributed by atoms with Crippen molar-refractivity contribution in [2.75, 3.05) is 26.7 Å². The number of aryl methyl sites for hydroxylation is 2. The molecule has 1 aromatic rings. The molecule has 124 valence electrons. The Morgan fingerprint density at radius 3 is 2.32 bits per heavy atom. The highest BCUT2D eigenvalue weighted by Crippen LogP contribution is 2.22. The van der Waals surface area contributed by atoms with E-state index in [0.717, 1.165) is 30.0 Å². The molecule has 7 nitrogen and oxygen atoms in total. The molecule has 1 aromatic heterocycles. The summed E-state index contributed by atoms with van der Waals surface area (Å²) < 4.78 is 31.1. The summed E-state index contributed by atoms with van der Waals surface area (Å²) in [6.45, 7) is 4.38. The normalized spacial score (nSPS) is 16.8. The third kappa shape index (κ3) is 3.49. The zero-order valence-electron chi connectivity index (χ0n) is 13.3. The number of amides is 1. The summed E-state index contributed by atoms with van der Waals surface area (Å²) in [6, 6.07) is 0. The molecule has 0 spiro atoms. The predicted molar refractivity (Wildman–Crippen MR) is 80.8 cm³/mol. The van der Waals surface area contributed by atoms with Gasteiger partial charge in [-0.2, -0.15) is 4.31 Å². The molecule has 0 atom stereocenters. The first-order chi connectivity index (χ1) is 10.3. The maximum atomic E-state index is 12.6. The Hall–Kier alpha value is -1.41. The molecule has 1 fully saturated rings. The lowest BCUT2D eigenvalue weighted by Crippen LogP contribution is -2.41. The van der Waals surface area contributed by atoms with Crippen molar-refractivity contribution in [3.63, 3.8) is 0 Å². The molecule has 0 unspecified atom stereocenters. The van der Waals surface area contributed by atoms with Gasteiger partial charge in [-0.1, -0.05) is 18.0 Å². The number of carbonyl (C=O) groups is 1. The molecule has 22 heavy (non-hydrogen) atoms. The van der Waals surface area contributed by atoms with Gasteiger partial charge in [-0.15, -0.1) is 0 Å². The van der Waals surface area contributed by atoms with Gasteiger partial charge >= 0.3 is 0 Å². The number of sulfonamides is 1. The third-order valence-corrected chi connectivity index (χ3v) is 6.00. The number of hydrogen-bond donors (Lipinski definition) is 0. The molecule has 0 N–H and O–H groups in total. The van der Waals surface area contributed by atoms with Crippen LogP contribution in [0.3, 0.4) is 0 Å². The fourth-order valence-corrected chi connectivity index (χ4v) is 4.10. The molecular weight excluding hydrogens is 306 g/mol. The van der Waals surface area contributed by atoms with Crippen LogP contribution in [0.15, 0.2) is 9.42 Å². The van der Waals surface area contributed by atoms with Crippen molar-refractivity contribution in [3.05, 3.63) is 11.5 Å². The number of hydrogen-bond acceptors (Lipinski definition) is 5. The van der Waals surface area contributed by atoms with Crippen LogP contribution in [0.4, 0.5) is 0 Å². The summed E-state index contributed by atoms with van der Waals surface area (Å²) in [5.41, 5.74) is 0.312. The highest BCUT2D eigenvalue weighted by atomic mass is 32.2. The van der Waals surface area contributed by atoms with E-state index < -0.39 is 10.0 Å². The van der Waals surface area contributed by atoms with E-state index >= 15 is 0 Å². The van der Waals surface area contributed by atoms with Gasteiger partial charge in [0.15, 0.2) is 5.76 Å². The molecule has 0 saturated carbocycles. The van der Waals surface area contributed by atoms with Gasteiger partial charge < -0.3 is 9.42 Å². The second-order valence-corrected chi connectivity index (χ2v) is 7.69. The lowest BCUT2D eigenvalue weighted by atomic mass is 10.2. The minimum atomic E-state index is -3.77.